The summed E-state index contributed by atoms with van der Waals surface area (Å²) in [5, 5.41) is 3.25. The Bertz CT molecular complexity index is 1670. The SMILES string of the molecule is CC(C)n1c(=O)cc(Cl)[nH]c1=O.Cc1ccccc1[C@H](C)N.Cc1ccccc1[C@H](C)Nc1cc(=O)n(C(C)C)c(=O)[nH]1. The average Bonchev–Trinajstić information content (AvgIpc) is 2.88. The van der Waals surface area contributed by atoms with Gasteiger partial charge in [-0.05, 0) is 77.6 Å². The molecule has 0 fully saturated rings. The number of anilines is 1. The van der Waals surface area contributed by atoms with E-state index in [1.165, 1.54) is 27.8 Å². The number of hydrogen-bond acceptors (Lipinski definition) is 6. The second-order valence-electron chi connectivity index (χ2n) is 10.9. The summed E-state index contributed by atoms with van der Waals surface area (Å²) in [4.78, 5) is 51.3. The molecule has 2 aromatic heterocycles. The van der Waals surface area contributed by atoms with Crippen molar-refractivity contribution in [2.24, 2.45) is 5.73 Å². The molecule has 232 valence electrons. The van der Waals surface area contributed by atoms with Crippen LogP contribution in [0.15, 0.2) is 79.8 Å². The number of halogens is 1. The Kier molecular flexibility index (Phi) is 13.0. The lowest BCUT2D eigenvalue weighted by molar-refractivity contribution is 0.546. The fourth-order valence-corrected chi connectivity index (χ4v) is 4.69. The second kappa shape index (κ2) is 15.9. The Morgan fingerprint density at radius 2 is 1.14 bits per heavy atom. The first kappa shape index (κ1) is 35.0. The van der Waals surface area contributed by atoms with Gasteiger partial charge in [0, 0.05) is 30.3 Å². The third-order valence-corrected chi connectivity index (χ3v) is 6.84. The summed E-state index contributed by atoms with van der Waals surface area (Å²) in [5.41, 5.74) is 8.99. The van der Waals surface area contributed by atoms with Crippen molar-refractivity contribution in [2.45, 2.75) is 79.6 Å². The zero-order chi connectivity index (χ0) is 32.4. The predicted octanol–water partition coefficient (Wildman–Crippen LogP) is 5.38. The third-order valence-electron chi connectivity index (χ3n) is 6.64. The molecule has 0 aliphatic heterocycles. The molecule has 0 unspecified atom stereocenters. The van der Waals surface area contributed by atoms with Crippen LogP contribution in [0, 0.1) is 13.8 Å². The first-order chi connectivity index (χ1) is 20.1. The van der Waals surface area contributed by atoms with Crippen molar-refractivity contribution in [1.29, 1.82) is 0 Å². The van der Waals surface area contributed by atoms with Gasteiger partial charge in [0.1, 0.15) is 11.0 Å². The topological polar surface area (TPSA) is 148 Å². The van der Waals surface area contributed by atoms with Crippen LogP contribution in [-0.2, 0) is 0 Å². The molecule has 0 saturated heterocycles. The lowest BCUT2D eigenvalue weighted by Crippen LogP contribution is -2.36. The molecule has 5 N–H and O–H groups in total. The van der Waals surface area contributed by atoms with E-state index < -0.39 is 11.4 Å². The minimum absolute atomic E-state index is 0.00356. The summed E-state index contributed by atoms with van der Waals surface area (Å²) in [5.74, 6) is 0.442. The lowest BCUT2D eigenvalue weighted by atomic mass is 10.0. The first-order valence-electron chi connectivity index (χ1n) is 14.1. The third kappa shape index (κ3) is 9.97. The van der Waals surface area contributed by atoms with Crippen LogP contribution >= 0.6 is 11.6 Å². The Labute approximate surface area is 256 Å². The molecule has 0 radical (unpaired) electrons. The Hall–Kier alpha value is -4.15. The van der Waals surface area contributed by atoms with E-state index in [0.717, 1.165) is 15.7 Å². The number of aryl methyl sites for hydroxylation is 2. The molecule has 10 nitrogen and oxygen atoms in total. The number of rotatable bonds is 6. The summed E-state index contributed by atoms with van der Waals surface area (Å²) < 4.78 is 2.30. The summed E-state index contributed by atoms with van der Waals surface area (Å²) in [7, 11) is 0. The molecule has 2 atom stereocenters. The zero-order valence-electron chi connectivity index (χ0n) is 26.1. The van der Waals surface area contributed by atoms with E-state index in [0.29, 0.717) is 5.82 Å². The van der Waals surface area contributed by atoms with Crippen LogP contribution < -0.4 is 33.5 Å². The molecule has 11 heteroatoms. The molecule has 4 rings (SSSR count). The van der Waals surface area contributed by atoms with Crippen molar-refractivity contribution in [3.05, 3.63) is 130 Å². The van der Waals surface area contributed by atoms with E-state index in [1.54, 1.807) is 27.7 Å². The van der Waals surface area contributed by atoms with E-state index in [2.05, 4.69) is 34.3 Å². The van der Waals surface area contributed by atoms with E-state index in [4.69, 9.17) is 17.3 Å². The number of hydrogen-bond donors (Lipinski definition) is 4. The minimum Gasteiger partial charge on any atom is -0.365 e. The van der Waals surface area contributed by atoms with Crippen LogP contribution in [0.4, 0.5) is 5.82 Å². The molecule has 43 heavy (non-hydrogen) atoms. The Morgan fingerprint density at radius 3 is 1.53 bits per heavy atom. The van der Waals surface area contributed by atoms with E-state index >= 15 is 0 Å². The molecule has 0 amide bonds. The average molecular weight is 611 g/mol. The van der Waals surface area contributed by atoms with Gasteiger partial charge in [0.2, 0.25) is 0 Å². The van der Waals surface area contributed by atoms with Gasteiger partial charge in [-0.2, -0.15) is 0 Å². The molecule has 0 saturated carbocycles. The second-order valence-corrected chi connectivity index (χ2v) is 11.3. The molecule has 2 heterocycles. The zero-order valence-corrected chi connectivity index (χ0v) is 26.8. The minimum atomic E-state index is -0.470. The predicted molar refractivity (Wildman–Crippen MR) is 175 cm³/mol. The van der Waals surface area contributed by atoms with Crippen molar-refractivity contribution in [2.75, 3.05) is 5.32 Å². The van der Waals surface area contributed by atoms with Crippen molar-refractivity contribution >= 4 is 17.4 Å². The molecule has 0 spiro atoms. The Balaban J connectivity index is 0.000000248. The quantitative estimate of drug-likeness (QED) is 0.215. The van der Waals surface area contributed by atoms with Crippen LogP contribution in [0.25, 0.3) is 0 Å². The maximum absolute atomic E-state index is 12.0. The van der Waals surface area contributed by atoms with Crippen molar-refractivity contribution < 1.29 is 0 Å². The van der Waals surface area contributed by atoms with Gasteiger partial charge in [-0.3, -0.25) is 28.7 Å². The van der Waals surface area contributed by atoms with Gasteiger partial charge < -0.3 is 11.1 Å². The fourth-order valence-electron chi connectivity index (χ4n) is 4.52. The first-order valence-corrected chi connectivity index (χ1v) is 14.5. The van der Waals surface area contributed by atoms with Gasteiger partial charge >= 0.3 is 11.4 Å². The largest absolute Gasteiger partial charge is 0.365 e. The van der Waals surface area contributed by atoms with E-state index in [-0.39, 0.29) is 40.4 Å². The standard InChI is InChI=1S/C16H21N3O2.C9H13N.C7H9ClN2O2/c1-10(2)19-15(20)9-14(18-16(19)21)17-12(4)13-8-6-5-7-11(13)3;1-7-5-3-4-6-9(7)8(2)10;1-4(2)10-6(11)3-5(8)9-7(10)12/h5-10,12,17H,1-4H3,(H,18,21);3-6,8H,10H2,1-2H3;3-4H,1-2H3,(H,9,12)/t12-;8-;/m00./s1. The molecule has 0 aliphatic rings. The van der Waals surface area contributed by atoms with E-state index in [1.807, 2.05) is 57.2 Å². The molecular weight excluding hydrogens is 568 g/mol. The number of nitrogens with one attached hydrogen (secondary N) is 3. The summed E-state index contributed by atoms with van der Waals surface area (Å²) >= 11 is 5.46. The van der Waals surface area contributed by atoms with Crippen molar-refractivity contribution in [3.63, 3.8) is 0 Å². The molecule has 0 bridgehead atoms. The number of nitrogens with zero attached hydrogens (tertiary/aromatic N) is 2. The molecule has 2 aromatic carbocycles. The highest BCUT2D eigenvalue weighted by Gasteiger charge is 2.11. The smallest absolute Gasteiger partial charge is 0.330 e. The highest BCUT2D eigenvalue weighted by Crippen LogP contribution is 2.20. The summed E-state index contributed by atoms with van der Waals surface area (Å²) in [6.07, 6.45) is 0. The van der Waals surface area contributed by atoms with Gasteiger partial charge in [-0.25, -0.2) is 9.59 Å². The maximum Gasteiger partial charge on any atom is 0.330 e. The van der Waals surface area contributed by atoms with Crippen LogP contribution in [0.5, 0.6) is 0 Å². The fraction of sp³-hybridized carbons (Fsp3) is 0.375. The van der Waals surface area contributed by atoms with E-state index in [9.17, 15) is 19.2 Å². The van der Waals surface area contributed by atoms with Gasteiger partial charge in [-0.15, -0.1) is 0 Å². The van der Waals surface area contributed by atoms with Gasteiger partial charge in [-0.1, -0.05) is 60.1 Å². The Morgan fingerprint density at radius 1 is 0.698 bits per heavy atom. The van der Waals surface area contributed by atoms with Crippen LogP contribution in [-0.4, -0.2) is 19.1 Å². The van der Waals surface area contributed by atoms with Crippen LogP contribution in [0.3, 0.4) is 0 Å². The number of H-pyrrole nitrogens is 2. The van der Waals surface area contributed by atoms with Crippen LogP contribution in [0.1, 0.15) is 88.0 Å². The molecular formula is C32H43ClN6O4. The number of benzene rings is 2. The summed E-state index contributed by atoms with van der Waals surface area (Å²) in [6, 6.07) is 18.7. The molecule has 0 aliphatic carbocycles. The summed E-state index contributed by atoms with van der Waals surface area (Å²) in [6.45, 7) is 15.2. The number of aromatic amines is 2. The van der Waals surface area contributed by atoms with Gasteiger partial charge in [0.05, 0.1) is 6.04 Å². The number of aromatic nitrogens is 4. The monoisotopic (exact) mass is 610 g/mol. The van der Waals surface area contributed by atoms with Crippen LogP contribution in [0.2, 0.25) is 5.15 Å². The van der Waals surface area contributed by atoms with Crippen molar-refractivity contribution in [3.8, 4) is 0 Å². The van der Waals surface area contributed by atoms with Gasteiger partial charge in [0.25, 0.3) is 11.1 Å². The lowest BCUT2D eigenvalue weighted by Gasteiger charge is -2.18. The normalized spacial score (nSPS) is 12.1. The highest BCUT2D eigenvalue weighted by molar-refractivity contribution is 6.29. The van der Waals surface area contributed by atoms with Crippen molar-refractivity contribution in [1.82, 2.24) is 19.1 Å². The molecule has 4 aromatic rings. The highest BCUT2D eigenvalue weighted by atomic mass is 35.5. The maximum atomic E-state index is 12.0. The van der Waals surface area contributed by atoms with Gasteiger partial charge in [0.15, 0.2) is 0 Å². The number of nitrogens with two attached hydrogens (primary N) is 1.